The Morgan fingerprint density at radius 2 is 2.40 bits per heavy atom. The summed E-state index contributed by atoms with van der Waals surface area (Å²) in [7, 11) is 1.72. The maximum Gasteiger partial charge on any atom is 0.236 e. The summed E-state index contributed by atoms with van der Waals surface area (Å²) in [6, 6.07) is 0. The lowest BCUT2D eigenvalue weighted by molar-refractivity contribution is -0.134. The number of likely N-dealkylation sites (N-methyl/N-ethyl adjacent to an activating group) is 1. The van der Waals surface area contributed by atoms with Crippen molar-refractivity contribution in [3.05, 3.63) is 0 Å². The van der Waals surface area contributed by atoms with Crippen molar-refractivity contribution in [3.63, 3.8) is 0 Å². The molecule has 1 heterocycles. The number of carbonyl (C=O) groups is 1. The van der Waals surface area contributed by atoms with Crippen molar-refractivity contribution < 1.29 is 14.3 Å². The van der Waals surface area contributed by atoms with E-state index >= 15 is 0 Å². The Morgan fingerprint density at radius 1 is 1.67 bits per heavy atom. The summed E-state index contributed by atoms with van der Waals surface area (Å²) in [5.74, 6) is -0.0854. The van der Waals surface area contributed by atoms with Crippen LogP contribution in [-0.2, 0) is 4.79 Å². The number of likely N-dealkylation sites (tertiary alicyclic amines) is 1. The second kappa shape index (κ2) is 6.02. The molecule has 1 amide bonds. The van der Waals surface area contributed by atoms with Crippen LogP contribution in [0, 0.1) is 5.92 Å². The lowest BCUT2D eigenvalue weighted by Gasteiger charge is -2.35. The van der Waals surface area contributed by atoms with E-state index in [1.165, 1.54) is 0 Å². The van der Waals surface area contributed by atoms with Crippen LogP contribution in [0.1, 0.15) is 12.8 Å². The van der Waals surface area contributed by atoms with Gasteiger partial charge in [-0.2, -0.15) is 0 Å². The van der Waals surface area contributed by atoms with Crippen molar-refractivity contribution in [2.75, 3.05) is 33.4 Å². The molecule has 1 fully saturated rings. The quantitative estimate of drug-likeness (QED) is 0.685. The summed E-state index contributed by atoms with van der Waals surface area (Å²) >= 11 is 0. The van der Waals surface area contributed by atoms with Gasteiger partial charge in [-0.25, -0.2) is 0 Å². The van der Waals surface area contributed by atoms with Crippen LogP contribution in [0.3, 0.4) is 0 Å². The number of halogens is 1. The molecule has 5 heteroatoms. The molecule has 2 N–H and O–H groups in total. The first-order valence-electron chi connectivity index (χ1n) is 5.35. The highest BCUT2D eigenvalue weighted by molar-refractivity contribution is 5.78. The summed E-state index contributed by atoms with van der Waals surface area (Å²) in [5, 5.41) is 12.4. The van der Waals surface area contributed by atoms with E-state index < -0.39 is 12.8 Å². The lowest BCUT2D eigenvalue weighted by Crippen LogP contribution is -2.48. The molecule has 1 saturated heterocycles. The number of hydrogen-bond donors (Lipinski definition) is 2. The van der Waals surface area contributed by atoms with Gasteiger partial charge in [0.2, 0.25) is 5.91 Å². The highest BCUT2D eigenvalue weighted by Crippen LogP contribution is 2.20. The number of hydrogen-bond acceptors (Lipinski definition) is 3. The second-order valence-corrected chi connectivity index (χ2v) is 3.96. The summed E-state index contributed by atoms with van der Waals surface area (Å²) in [6.45, 7) is 0.921. The Labute approximate surface area is 89.4 Å². The van der Waals surface area contributed by atoms with Crippen LogP contribution < -0.4 is 5.32 Å². The number of piperidine rings is 1. The number of aliphatic hydroxyl groups is 1. The molecule has 15 heavy (non-hydrogen) atoms. The van der Waals surface area contributed by atoms with Crippen molar-refractivity contribution in [1.82, 2.24) is 10.2 Å². The highest BCUT2D eigenvalue weighted by Gasteiger charge is 2.29. The summed E-state index contributed by atoms with van der Waals surface area (Å²) in [4.78, 5) is 13.2. The molecule has 2 unspecified atom stereocenters. The van der Waals surface area contributed by atoms with E-state index in [9.17, 15) is 14.3 Å². The third-order valence-corrected chi connectivity index (χ3v) is 2.85. The number of nitrogens with zero attached hydrogens (tertiary/aromatic N) is 1. The van der Waals surface area contributed by atoms with E-state index in [1.807, 2.05) is 0 Å². The fraction of sp³-hybridized carbons (Fsp3) is 0.900. The van der Waals surface area contributed by atoms with Crippen molar-refractivity contribution in [3.8, 4) is 0 Å². The van der Waals surface area contributed by atoms with Gasteiger partial charge in [-0.05, 0) is 19.9 Å². The molecular formula is C10H19FN2O2. The van der Waals surface area contributed by atoms with Gasteiger partial charge in [0, 0.05) is 19.0 Å². The van der Waals surface area contributed by atoms with Crippen LogP contribution in [0.4, 0.5) is 4.39 Å². The van der Waals surface area contributed by atoms with Crippen LogP contribution in [-0.4, -0.2) is 55.4 Å². The van der Waals surface area contributed by atoms with Gasteiger partial charge >= 0.3 is 0 Å². The number of alkyl halides is 1. The SMILES string of the molecule is CNCC(=O)N1CCC(O)C(CCF)C1. The molecule has 1 aliphatic heterocycles. The molecule has 0 aromatic heterocycles. The van der Waals surface area contributed by atoms with E-state index in [0.717, 1.165) is 0 Å². The first-order valence-corrected chi connectivity index (χ1v) is 5.35. The lowest BCUT2D eigenvalue weighted by atomic mass is 9.92. The largest absolute Gasteiger partial charge is 0.393 e. The molecular weight excluding hydrogens is 199 g/mol. The zero-order chi connectivity index (χ0) is 11.3. The zero-order valence-corrected chi connectivity index (χ0v) is 9.08. The van der Waals surface area contributed by atoms with Crippen LogP contribution in [0.2, 0.25) is 0 Å². The predicted octanol–water partition coefficient (Wildman–Crippen LogP) is -0.225. The first-order chi connectivity index (χ1) is 7.19. The molecule has 0 aromatic rings. The Bertz CT molecular complexity index is 214. The van der Waals surface area contributed by atoms with Crippen LogP contribution in [0.5, 0.6) is 0 Å². The van der Waals surface area contributed by atoms with Crippen molar-refractivity contribution >= 4 is 5.91 Å². The average molecular weight is 218 g/mol. The monoisotopic (exact) mass is 218 g/mol. The van der Waals surface area contributed by atoms with Crippen molar-refractivity contribution in [2.24, 2.45) is 5.92 Å². The molecule has 88 valence electrons. The first kappa shape index (κ1) is 12.4. The van der Waals surface area contributed by atoms with Crippen LogP contribution >= 0.6 is 0 Å². The van der Waals surface area contributed by atoms with E-state index in [2.05, 4.69) is 5.32 Å². The highest BCUT2D eigenvalue weighted by atomic mass is 19.1. The minimum absolute atomic E-state index is 0.0215. The maximum atomic E-state index is 12.2. The molecule has 1 rings (SSSR count). The summed E-state index contributed by atoms with van der Waals surface area (Å²) < 4.78 is 12.2. The fourth-order valence-corrected chi connectivity index (χ4v) is 1.93. The van der Waals surface area contributed by atoms with Crippen molar-refractivity contribution in [1.29, 1.82) is 0 Å². The zero-order valence-electron chi connectivity index (χ0n) is 9.08. The molecule has 0 saturated carbocycles. The van der Waals surface area contributed by atoms with E-state index in [0.29, 0.717) is 32.5 Å². The van der Waals surface area contributed by atoms with Gasteiger partial charge in [-0.3, -0.25) is 9.18 Å². The number of nitrogens with one attached hydrogen (secondary N) is 1. The minimum Gasteiger partial charge on any atom is -0.393 e. The minimum atomic E-state index is -0.459. The Morgan fingerprint density at radius 3 is 3.00 bits per heavy atom. The molecule has 0 aliphatic carbocycles. The van der Waals surface area contributed by atoms with Crippen molar-refractivity contribution in [2.45, 2.75) is 18.9 Å². The van der Waals surface area contributed by atoms with Gasteiger partial charge in [-0.1, -0.05) is 0 Å². The number of amides is 1. The van der Waals surface area contributed by atoms with E-state index in [1.54, 1.807) is 11.9 Å². The summed E-state index contributed by atoms with van der Waals surface area (Å²) in [6.07, 6.45) is 0.435. The maximum absolute atomic E-state index is 12.2. The molecule has 2 atom stereocenters. The Balaban J connectivity index is 2.45. The Hall–Kier alpha value is -0.680. The average Bonchev–Trinajstić information content (AvgIpc) is 2.22. The van der Waals surface area contributed by atoms with Gasteiger partial charge in [0.25, 0.3) is 0 Å². The number of aliphatic hydroxyl groups excluding tert-OH is 1. The number of carbonyl (C=O) groups excluding carboxylic acids is 1. The molecule has 4 nitrogen and oxygen atoms in total. The van der Waals surface area contributed by atoms with Gasteiger partial charge in [0.05, 0.1) is 19.3 Å². The second-order valence-electron chi connectivity index (χ2n) is 3.96. The number of rotatable bonds is 4. The third-order valence-electron chi connectivity index (χ3n) is 2.85. The molecule has 1 aliphatic rings. The van der Waals surface area contributed by atoms with Gasteiger partial charge in [-0.15, -0.1) is 0 Å². The predicted molar refractivity (Wildman–Crippen MR) is 55.2 cm³/mol. The van der Waals surface area contributed by atoms with Gasteiger partial charge < -0.3 is 15.3 Å². The Kier molecular flexibility index (Phi) is 4.98. The smallest absolute Gasteiger partial charge is 0.236 e. The standard InChI is InChI=1S/C10H19FN2O2/c1-12-6-10(15)13-5-3-9(14)8(7-13)2-4-11/h8-9,12,14H,2-7H2,1H3. The molecule has 0 spiro atoms. The van der Waals surface area contributed by atoms with E-state index in [4.69, 9.17) is 0 Å². The van der Waals surface area contributed by atoms with Gasteiger partial charge in [0.15, 0.2) is 0 Å². The summed E-state index contributed by atoms with van der Waals surface area (Å²) in [5.41, 5.74) is 0. The van der Waals surface area contributed by atoms with E-state index in [-0.39, 0.29) is 11.8 Å². The fourth-order valence-electron chi connectivity index (χ4n) is 1.93. The van der Waals surface area contributed by atoms with Gasteiger partial charge in [0.1, 0.15) is 0 Å². The molecule has 0 bridgehead atoms. The van der Waals surface area contributed by atoms with Crippen LogP contribution in [0.25, 0.3) is 0 Å². The normalized spacial score (nSPS) is 26.7. The molecule has 0 radical (unpaired) electrons. The molecule has 0 aromatic carbocycles. The third kappa shape index (κ3) is 3.43. The topological polar surface area (TPSA) is 52.6 Å². The van der Waals surface area contributed by atoms with Crippen LogP contribution in [0.15, 0.2) is 0 Å².